The fourth-order valence-corrected chi connectivity index (χ4v) is 3.06. The molecular formula is C11H16ClN3O3S. The van der Waals surface area contributed by atoms with Gasteiger partial charge in [-0.15, -0.1) is 23.7 Å². The van der Waals surface area contributed by atoms with Crippen molar-refractivity contribution in [2.75, 3.05) is 12.4 Å². The average Bonchev–Trinajstić information content (AvgIpc) is 2.69. The molecule has 1 aliphatic carbocycles. The lowest BCUT2D eigenvalue weighted by Crippen LogP contribution is -2.38. The Morgan fingerprint density at radius 1 is 1.47 bits per heavy atom. The van der Waals surface area contributed by atoms with Gasteiger partial charge in [0.1, 0.15) is 0 Å². The largest absolute Gasteiger partial charge is 0.453 e. The SMILES string of the molecule is COC(=O)NC1CCc2nc(NC(C)=O)sc2C1.Cl. The molecule has 0 saturated heterocycles. The lowest BCUT2D eigenvalue weighted by atomic mass is 9.98. The molecule has 106 valence electrons. The highest BCUT2D eigenvalue weighted by atomic mass is 35.5. The number of aromatic nitrogens is 1. The Morgan fingerprint density at radius 3 is 2.84 bits per heavy atom. The number of nitrogens with one attached hydrogen (secondary N) is 2. The smallest absolute Gasteiger partial charge is 0.407 e. The topological polar surface area (TPSA) is 80.3 Å². The predicted molar refractivity (Wildman–Crippen MR) is 75.0 cm³/mol. The van der Waals surface area contributed by atoms with Crippen LogP contribution < -0.4 is 10.6 Å². The highest BCUT2D eigenvalue weighted by molar-refractivity contribution is 7.15. The van der Waals surface area contributed by atoms with Gasteiger partial charge in [0.2, 0.25) is 5.91 Å². The number of halogens is 1. The second-order valence-corrected chi connectivity index (χ2v) is 5.23. The summed E-state index contributed by atoms with van der Waals surface area (Å²) < 4.78 is 4.58. The highest BCUT2D eigenvalue weighted by Gasteiger charge is 2.24. The van der Waals surface area contributed by atoms with E-state index in [2.05, 4.69) is 20.4 Å². The Bertz CT molecular complexity index is 478. The molecule has 1 unspecified atom stereocenters. The average molecular weight is 306 g/mol. The van der Waals surface area contributed by atoms with Gasteiger partial charge in [0.25, 0.3) is 0 Å². The summed E-state index contributed by atoms with van der Waals surface area (Å²) >= 11 is 1.47. The molecule has 1 atom stereocenters. The van der Waals surface area contributed by atoms with E-state index in [1.807, 2.05) is 0 Å². The summed E-state index contributed by atoms with van der Waals surface area (Å²) in [7, 11) is 1.35. The first-order valence-electron chi connectivity index (χ1n) is 5.69. The van der Waals surface area contributed by atoms with E-state index in [9.17, 15) is 9.59 Å². The van der Waals surface area contributed by atoms with Crippen LogP contribution in [0.15, 0.2) is 0 Å². The molecule has 0 aliphatic heterocycles. The summed E-state index contributed by atoms with van der Waals surface area (Å²) in [6.07, 6.45) is 1.97. The Kier molecular flexibility index (Phi) is 5.56. The van der Waals surface area contributed by atoms with Crippen LogP contribution in [0.4, 0.5) is 9.93 Å². The summed E-state index contributed by atoms with van der Waals surface area (Å²) in [5.74, 6) is -0.120. The van der Waals surface area contributed by atoms with E-state index in [0.717, 1.165) is 29.8 Å². The lowest BCUT2D eigenvalue weighted by molar-refractivity contribution is -0.114. The number of thiazole rings is 1. The van der Waals surface area contributed by atoms with E-state index in [1.165, 1.54) is 25.4 Å². The number of carbonyl (C=O) groups excluding carboxylic acids is 2. The number of rotatable bonds is 2. The van der Waals surface area contributed by atoms with E-state index in [4.69, 9.17) is 0 Å². The Morgan fingerprint density at radius 2 is 2.21 bits per heavy atom. The van der Waals surface area contributed by atoms with Crippen LogP contribution >= 0.6 is 23.7 Å². The monoisotopic (exact) mass is 305 g/mol. The maximum atomic E-state index is 11.1. The van der Waals surface area contributed by atoms with Gasteiger partial charge in [-0.2, -0.15) is 0 Å². The quantitative estimate of drug-likeness (QED) is 0.872. The molecule has 0 radical (unpaired) electrons. The van der Waals surface area contributed by atoms with Crippen molar-refractivity contribution >= 4 is 40.9 Å². The molecule has 1 aromatic heterocycles. The minimum Gasteiger partial charge on any atom is -0.453 e. The third-order valence-corrected chi connectivity index (χ3v) is 3.77. The number of fused-ring (bicyclic) bond motifs is 1. The third-order valence-electron chi connectivity index (χ3n) is 2.73. The number of alkyl carbamates (subject to hydrolysis) is 1. The highest BCUT2D eigenvalue weighted by Crippen LogP contribution is 2.29. The molecule has 0 fully saturated rings. The zero-order valence-corrected chi connectivity index (χ0v) is 12.3. The van der Waals surface area contributed by atoms with Crippen molar-refractivity contribution in [1.82, 2.24) is 10.3 Å². The number of hydrogen-bond donors (Lipinski definition) is 2. The van der Waals surface area contributed by atoms with Crippen LogP contribution in [-0.4, -0.2) is 30.1 Å². The van der Waals surface area contributed by atoms with E-state index in [0.29, 0.717) is 5.13 Å². The summed E-state index contributed by atoms with van der Waals surface area (Å²) in [5.41, 5.74) is 1.02. The lowest BCUT2D eigenvalue weighted by Gasteiger charge is -2.21. The van der Waals surface area contributed by atoms with Gasteiger partial charge in [-0.1, -0.05) is 0 Å². The number of ether oxygens (including phenoxy) is 1. The fourth-order valence-electron chi connectivity index (χ4n) is 1.93. The van der Waals surface area contributed by atoms with Crippen LogP contribution in [0.5, 0.6) is 0 Å². The van der Waals surface area contributed by atoms with Crippen molar-refractivity contribution in [3.05, 3.63) is 10.6 Å². The summed E-state index contributed by atoms with van der Waals surface area (Å²) in [4.78, 5) is 27.6. The number of anilines is 1. The first-order chi connectivity index (χ1) is 8.58. The van der Waals surface area contributed by atoms with Gasteiger partial charge in [0.15, 0.2) is 5.13 Å². The van der Waals surface area contributed by atoms with Gasteiger partial charge >= 0.3 is 6.09 Å². The predicted octanol–water partition coefficient (Wildman–Crippen LogP) is 1.74. The number of hydrogen-bond acceptors (Lipinski definition) is 5. The number of nitrogens with zero attached hydrogens (tertiary/aromatic N) is 1. The van der Waals surface area contributed by atoms with Gasteiger partial charge in [-0.05, 0) is 12.8 Å². The standard InChI is InChI=1S/C11H15N3O3S.ClH/c1-6(15)12-10-14-8-4-3-7(5-9(8)18-10)13-11(16)17-2;/h7H,3-5H2,1-2H3,(H,13,16)(H,12,14,15);1H. The maximum absolute atomic E-state index is 11.1. The van der Waals surface area contributed by atoms with Crippen molar-refractivity contribution in [3.63, 3.8) is 0 Å². The zero-order chi connectivity index (χ0) is 13.1. The molecule has 1 aromatic rings. The Hall–Kier alpha value is -1.34. The molecule has 19 heavy (non-hydrogen) atoms. The van der Waals surface area contributed by atoms with Crippen LogP contribution in [-0.2, 0) is 22.4 Å². The van der Waals surface area contributed by atoms with Crippen LogP contribution in [0.2, 0.25) is 0 Å². The molecule has 0 spiro atoms. The van der Waals surface area contributed by atoms with E-state index >= 15 is 0 Å². The van der Waals surface area contributed by atoms with Gasteiger partial charge in [0, 0.05) is 24.3 Å². The Labute approximate surface area is 121 Å². The molecule has 2 amide bonds. The number of aryl methyl sites for hydroxylation is 1. The minimum absolute atomic E-state index is 0. The molecule has 1 heterocycles. The molecule has 8 heteroatoms. The molecule has 0 saturated carbocycles. The summed E-state index contributed by atoms with van der Waals surface area (Å²) in [6.45, 7) is 1.46. The van der Waals surface area contributed by atoms with Crippen molar-refractivity contribution in [2.24, 2.45) is 0 Å². The Balaban J connectivity index is 0.00000180. The van der Waals surface area contributed by atoms with E-state index in [-0.39, 0.29) is 24.4 Å². The molecule has 1 aliphatic rings. The molecule has 2 N–H and O–H groups in total. The summed E-state index contributed by atoms with van der Waals surface area (Å²) in [5, 5.41) is 6.11. The molecule has 2 rings (SSSR count). The van der Waals surface area contributed by atoms with Crippen LogP contribution in [0.3, 0.4) is 0 Å². The molecular weight excluding hydrogens is 290 g/mol. The third kappa shape index (κ3) is 4.07. The molecule has 6 nitrogen and oxygen atoms in total. The van der Waals surface area contributed by atoms with Gasteiger partial charge in [-0.25, -0.2) is 9.78 Å². The van der Waals surface area contributed by atoms with Crippen molar-refractivity contribution < 1.29 is 14.3 Å². The normalized spacial score (nSPS) is 16.8. The zero-order valence-electron chi connectivity index (χ0n) is 10.7. The van der Waals surface area contributed by atoms with E-state index < -0.39 is 6.09 Å². The van der Waals surface area contributed by atoms with Gasteiger partial charge in [0.05, 0.1) is 12.8 Å². The number of amides is 2. The van der Waals surface area contributed by atoms with E-state index in [1.54, 1.807) is 0 Å². The molecule has 0 bridgehead atoms. The van der Waals surface area contributed by atoms with Crippen LogP contribution in [0.25, 0.3) is 0 Å². The minimum atomic E-state index is -0.407. The first-order valence-corrected chi connectivity index (χ1v) is 6.50. The second-order valence-electron chi connectivity index (χ2n) is 4.15. The van der Waals surface area contributed by atoms with Crippen LogP contribution in [0, 0.1) is 0 Å². The van der Waals surface area contributed by atoms with Crippen molar-refractivity contribution in [2.45, 2.75) is 32.2 Å². The maximum Gasteiger partial charge on any atom is 0.407 e. The van der Waals surface area contributed by atoms with Crippen molar-refractivity contribution in [3.8, 4) is 0 Å². The first kappa shape index (κ1) is 15.7. The fraction of sp³-hybridized carbons (Fsp3) is 0.545. The van der Waals surface area contributed by atoms with Crippen molar-refractivity contribution in [1.29, 1.82) is 0 Å². The second kappa shape index (κ2) is 6.72. The number of carbonyl (C=O) groups is 2. The van der Waals surface area contributed by atoms with Gasteiger partial charge < -0.3 is 15.4 Å². The summed E-state index contributed by atoms with van der Waals surface area (Å²) in [6, 6.07) is 0.0792. The molecule has 0 aromatic carbocycles. The van der Waals surface area contributed by atoms with Crippen LogP contribution in [0.1, 0.15) is 23.9 Å². The van der Waals surface area contributed by atoms with Gasteiger partial charge in [-0.3, -0.25) is 4.79 Å². The number of methoxy groups -OCH3 is 1.